The lowest BCUT2D eigenvalue weighted by atomic mass is 10.1. The minimum atomic E-state index is -0.521. The molecule has 1 aromatic heterocycles. The first-order valence-corrected chi connectivity index (χ1v) is 7.07. The summed E-state index contributed by atoms with van der Waals surface area (Å²) < 4.78 is 0. The van der Waals surface area contributed by atoms with Gasteiger partial charge in [-0.1, -0.05) is 17.7 Å². The van der Waals surface area contributed by atoms with Gasteiger partial charge in [-0.05, 0) is 30.2 Å². The second-order valence-electron chi connectivity index (χ2n) is 5.14. The zero-order valence-corrected chi connectivity index (χ0v) is 13.4. The Kier molecular flexibility index (Phi) is 4.82. The van der Waals surface area contributed by atoms with Gasteiger partial charge in [0, 0.05) is 32.4 Å². The Morgan fingerprint density at radius 3 is 2.64 bits per heavy atom. The fourth-order valence-electron chi connectivity index (χ4n) is 1.99. The molecule has 0 spiro atoms. The van der Waals surface area contributed by atoms with E-state index in [4.69, 9.17) is 11.6 Å². The first-order chi connectivity index (χ1) is 10.4. The third-order valence-corrected chi connectivity index (χ3v) is 3.61. The molecule has 116 valence electrons. The molecule has 0 saturated heterocycles. The molecule has 1 N–H and O–H groups in total. The van der Waals surface area contributed by atoms with Crippen LogP contribution in [0.3, 0.4) is 0 Å². The van der Waals surface area contributed by atoms with Gasteiger partial charge in [-0.3, -0.25) is 10.1 Å². The van der Waals surface area contributed by atoms with Gasteiger partial charge in [-0.2, -0.15) is 0 Å². The van der Waals surface area contributed by atoms with Crippen molar-refractivity contribution in [3.63, 3.8) is 0 Å². The third-order valence-electron chi connectivity index (χ3n) is 3.33. The standard InChI is InChI=1S/C15H17ClN4O2/c1-10-6-12(19(2)3)5-4-11(10)8-17-15-14(16)7-13(9-18-15)20(21)22/h4-7,9H,8H2,1-3H3,(H,17,18). The number of rotatable bonds is 5. The molecule has 0 aliphatic carbocycles. The van der Waals surface area contributed by atoms with E-state index in [1.165, 1.54) is 12.3 Å². The summed E-state index contributed by atoms with van der Waals surface area (Å²) in [6.07, 6.45) is 1.19. The fourth-order valence-corrected chi connectivity index (χ4v) is 2.22. The van der Waals surface area contributed by atoms with Crippen molar-refractivity contribution in [2.75, 3.05) is 24.3 Å². The van der Waals surface area contributed by atoms with E-state index in [2.05, 4.69) is 16.4 Å². The first kappa shape index (κ1) is 16.0. The highest BCUT2D eigenvalue weighted by molar-refractivity contribution is 6.33. The number of hydrogen-bond acceptors (Lipinski definition) is 5. The molecule has 2 rings (SSSR count). The lowest BCUT2D eigenvalue weighted by Gasteiger charge is -2.15. The number of halogens is 1. The van der Waals surface area contributed by atoms with Crippen molar-refractivity contribution in [3.05, 3.63) is 56.7 Å². The number of aryl methyl sites for hydroxylation is 1. The average molecular weight is 321 g/mol. The van der Waals surface area contributed by atoms with Crippen LogP contribution in [0.5, 0.6) is 0 Å². The molecule has 6 nitrogen and oxygen atoms in total. The SMILES string of the molecule is Cc1cc(N(C)C)ccc1CNc1ncc([N+](=O)[O-])cc1Cl. The summed E-state index contributed by atoms with van der Waals surface area (Å²) >= 11 is 6.01. The van der Waals surface area contributed by atoms with E-state index in [9.17, 15) is 10.1 Å². The van der Waals surface area contributed by atoms with Gasteiger partial charge in [0.05, 0.1) is 9.95 Å². The van der Waals surface area contributed by atoms with Crippen molar-refractivity contribution in [1.82, 2.24) is 4.98 Å². The van der Waals surface area contributed by atoms with Crippen molar-refractivity contribution in [2.24, 2.45) is 0 Å². The lowest BCUT2D eigenvalue weighted by molar-refractivity contribution is -0.385. The van der Waals surface area contributed by atoms with Gasteiger partial charge in [-0.25, -0.2) is 4.98 Å². The maximum atomic E-state index is 10.7. The van der Waals surface area contributed by atoms with Gasteiger partial charge in [0.15, 0.2) is 0 Å². The van der Waals surface area contributed by atoms with Gasteiger partial charge < -0.3 is 10.2 Å². The number of nitro groups is 1. The number of nitrogens with one attached hydrogen (secondary N) is 1. The Morgan fingerprint density at radius 1 is 1.36 bits per heavy atom. The van der Waals surface area contributed by atoms with E-state index in [0.29, 0.717) is 12.4 Å². The van der Waals surface area contributed by atoms with E-state index in [1.54, 1.807) is 0 Å². The van der Waals surface area contributed by atoms with Crippen molar-refractivity contribution < 1.29 is 4.92 Å². The largest absolute Gasteiger partial charge is 0.378 e. The Hall–Kier alpha value is -2.34. The first-order valence-electron chi connectivity index (χ1n) is 6.69. The Balaban J connectivity index is 2.12. The molecular formula is C15H17ClN4O2. The summed E-state index contributed by atoms with van der Waals surface area (Å²) in [5, 5.41) is 14.0. The van der Waals surface area contributed by atoms with Crippen molar-refractivity contribution in [3.8, 4) is 0 Å². The predicted octanol–water partition coefficient (Wildman–Crippen LogP) is 3.63. The maximum Gasteiger partial charge on any atom is 0.289 e. The normalized spacial score (nSPS) is 10.4. The van der Waals surface area contributed by atoms with E-state index in [-0.39, 0.29) is 10.7 Å². The molecule has 0 aliphatic rings. The molecule has 0 unspecified atom stereocenters. The monoisotopic (exact) mass is 320 g/mol. The van der Waals surface area contributed by atoms with Crippen LogP contribution in [0.2, 0.25) is 5.02 Å². The molecular weight excluding hydrogens is 304 g/mol. The molecule has 0 saturated carbocycles. The van der Waals surface area contributed by atoms with Crippen LogP contribution in [-0.4, -0.2) is 24.0 Å². The fraction of sp³-hybridized carbons (Fsp3) is 0.267. The summed E-state index contributed by atoms with van der Waals surface area (Å²) in [7, 11) is 3.99. The van der Waals surface area contributed by atoms with Crippen molar-refractivity contribution in [2.45, 2.75) is 13.5 Å². The Labute approximate surface area is 133 Å². The molecule has 7 heteroatoms. The van der Waals surface area contributed by atoms with Crippen LogP contribution in [0.4, 0.5) is 17.2 Å². The molecule has 0 fully saturated rings. The zero-order chi connectivity index (χ0) is 16.3. The number of benzene rings is 1. The second-order valence-corrected chi connectivity index (χ2v) is 5.55. The molecule has 0 atom stereocenters. The van der Waals surface area contributed by atoms with Gasteiger partial charge in [0.2, 0.25) is 0 Å². The molecule has 22 heavy (non-hydrogen) atoms. The Morgan fingerprint density at radius 2 is 2.09 bits per heavy atom. The summed E-state index contributed by atoms with van der Waals surface area (Å²) in [4.78, 5) is 16.2. The quantitative estimate of drug-likeness (QED) is 0.673. The molecule has 2 aromatic rings. The van der Waals surface area contributed by atoms with E-state index in [0.717, 1.165) is 16.8 Å². The van der Waals surface area contributed by atoms with Gasteiger partial charge in [0.1, 0.15) is 12.0 Å². The van der Waals surface area contributed by atoms with Crippen molar-refractivity contribution in [1.29, 1.82) is 0 Å². The highest BCUT2D eigenvalue weighted by Gasteiger charge is 2.11. The topological polar surface area (TPSA) is 71.3 Å². The molecule has 1 aromatic carbocycles. The molecule has 0 aliphatic heterocycles. The van der Waals surface area contributed by atoms with Crippen LogP contribution in [0, 0.1) is 17.0 Å². The zero-order valence-electron chi connectivity index (χ0n) is 12.6. The minimum Gasteiger partial charge on any atom is -0.378 e. The molecule has 1 heterocycles. The number of nitrogens with zero attached hydrogens (tertiary/aromatic N) is 3. The van der Waals surface area contributed by atoms with Gasteiger partial charge in [-0.15, -0.1) is 0 Å². The van der Waals surface area contributed by atoms with E-state index in [1.807, 2.05) is 38.1 Å². The van der Waals surface area contributed by atoms with Crippen LogP contribution >= 0.6 is 11.6 Å². The predicted molar refractivity (Wildman–Crippen MR) is 88.7 cm³/mol. The van der Waals surface area contributed by atoms with Crippen LogP contribution < -0.4 is 10.2 Å². The summed E-state index contributed by atoms with van der Waals surface area (Å²) in [6.45, 7) is 2.58. The van der Waals surface area contributed by atoms with Gasteiger partial charge in [0.25, 0.3) is 5.69 Å². The Bertz CT molecular complexity index is 704. The number of anilines is 2. The van der Waals surface area contributed by atoms with Crippen LogP contribution in [0.15, 0.2) is 30.5 Å². The smallest absolute Gasteiger partial charge is 0.289 e. The maximum absolute atomic E-state index is 10.7. The molecule has 0 amide bonds. The summed E-state index contributed by atoms with van der Waals surface area (Å²) in [5.41, 5.74) is 3.27. The number of pyridine rings is 1. The van der Waals surface area contributed by atoms with Gasteiger partial charge >= 0.3 is 0 Å². The van der Waals surface area contributed by atoms with E-state index < -0.39 is 4.92 Å². The van der Waals surface area contributed by atoms with Crippen molar-refractivity contribution >= 4 is 28.8 Å². The second kappa shape index (κ2) is 6.62. The van der Waals surface area contributed by atoms with Crippen LogP contribution in [0.25, 0.3) is 0 Å². The minimum absolute atomic E-state index is 0.123. The highest BCUT2D eigenvalue weighted by Crippen LogP contribution is 2.25. The van der Waals surface area contributed by atoms with E-state index >= 15 is 0 Å². The number of hydrogen-bond donors (Lipinski definition) is 1. The molecule has 0 radical (unpaired) electrons. The molecule has 0 bridgehead atoms. The van der Waals surface area contributed by atoms with Crippen LogP contribution in [-0.2, 0) is 6.54 Å². The summed E-state index contributed by atoms with van der Waals surface area (Å²) in [6, 6.07) is 7.46. The average Bonchev–Trinajstić information content (AvgIpc) is 2.46. The highest BCUT2D eigenvalue weighted by atomic mass is 35.5. The third kappa shape index (κ3) is 3.65. The van der Waals surface area contributed by atoms with Crippen LogP contribution in [0.1, 0.15) is 11.1 Å². The lowest BCUT2D eigenvalue weighted by Crippen LogP contribution is -2.10. The summed E-state index contributed by atoms with van der Waals surface area (Å²) in [5.74, 6) is 0.434. The number of aromatic nitrogens is 1.